The van der Waals surface area contributed by atoms with Gasteiger partial charge in [-0.25, -0.2) is 15.0 Å². The van der Waals surface area contributed by atoms with E-state index in [0.717, 1.165) is 72.3 Å². The van der Waals surface area contributed by atoms with Gasteiger partial charge in [0.15, 0.2) is 17.5 Å². The van der Waals surface area contributed by atoms with Crippen LogP contribution in [0.2, 0.25) is 0 Å². The average molecular weight is 632 g/mol. The molecule has 0 aliphatic carbocycles. The van der Waals surface area contributed by atoms with E-state index in [0.29, 0.717) is 17.5 Å². The average Bonchev–Trinajstić information content (AvgIpc) is 3.57. The number of nitrogens with zero attached hydrogens (tertiary/aromatic N) is 3. The SMILES string of the molecule is C1=C(c2ccccc2)NNC(c2ccc(-c3cc(-c4nc(-c5ccccc5)nc(-c5ccccc5)n4)c4c(c3)oc3ccccc34)cc2)=C1. The maximum absolute atomic E-state index is 6.47. The highest BCUT2D eigenvalue weighted by molar-refractivity contribution is 6.13. The smallest absolute Gasteiger partial charge is 0.164 e. The Morgan fingerprint density at radius 3 is 1.47 bits per heavy atom. The van der Waals surface area contributed by atoms with E-state index in [2.05, 4.69) is 77.6 Å². The van der Waals surface area contributed by atoms with Crippen LogP contribution in [0.3, 0.4) is 0 Å². The van der Waals surface area contributed by atoms with Crippen LogP contribution in [0.25, 0.3) is 78.6 Å². The minimum atomic E-state index is 0.589. The maximum atomic E-state index is 6.47. The summed E-state index contributed by atoms with van der Waals surface area (Å²) < 4.78 is 6.47. The van der Waals surface area contributed by atoms with Crippen LogP contribution in [0, 0.1) is 0 Å². The first kappa shape index (κ1) is 28.4. The molecule has 0 unspecified atom stereocenters. The standard InChI is InChI=1S/C43H29N5O/c1-4-12-29(13-5-1)36-24-25-37(48-47-36)30-22-20-28(21-23-30)33-26-35(40-34-18-10-11-19-38(34)49-39(40)27-33)43-45-41(31-14-6-2-7-15-31)44-42(46-43)32-16-8-3-9-17-32/h1-27,47-48H. The minimum absolute atomic E-state index is 0.589. The summed E-state index contributed by atoms with van der Waals surface area (Å²) in [5.41, 5.74) is 17.3. The van der Waals surface area contributed by atoms with Gasteiger partial charge in [0, 0.05) is 27.5 Å². The molecule has 6 aromatic carbocycles. The lowest BCUT2D eigenvalue weighted by Gasteiger charge is -2.20. The predicted octanol–water partition coefficient (Wildman–Crippen LogP) is 9.93. The van der Waals surface area contributed by atoms with Crippen LogP contribution in [0.4, 0.5) is 0 Å². The van der Waals surface area contributed by atoms with E-state index in [1.54, 1.807) is 0 Å². The summed E-state index contributed by atoms with van der Waals surface area (Å²) in [4.78, 5) is 15.1. The molecular formula is C43H29N5O. The second kappa shape index (κ2) is 12.1. The van der Waals surface area contributed by atoms with Gasteiger partial charge >= 0.3 is 0 Å². The Bertz CT molecular complexity index is 2460. The quantitative estimate of drug-likeness (QED) is 0.190. The molecule has 1 aliphatic rings. The molecule has 8 aromatic rings. The van der Waals surface area contributed by atoms with Gasteiger partial charge in [-0.2, -0.15) is 0 Å². The Morgan fingerprint density at radius 2 is 0.878 bits per heavy atom. The first-order valence-corrected chi connectivity index (χ1v) is 16.2. The molecule has 6 nitrogen and oxygen atoms in total. The Hall–Kier alpha value is -6.79. The number of nitrogens with one attached hydrogen (secondary N) is 2. The lowest BCUT2D eigenvalue weighted by Crippen LogP contribution is -2.31. The molecule has 1 aliphatic heterocycles. The molecule has 0 radical (unpaired) electrons. The Morgan fingerprint density at radius 1 is 0.388 bits per heavy atom. The van der Waals surface area contributed by atoms with Crippen molar-refractivity contribution in [2.24, 2.45) is 0 Å². The van der Waals surface area contributed by atoms with Crippen molar-refractivity contribution in [3.63, 3.8) is 0 Å². The molecule has 0 bridgehead atoms. The molecule has 3 heterocycles. The topological polar surface area (TPSA) is 75.9 Å². The summed E-state index contributed by atoms with van der Waals surface area (Å²) in [5.74, 6) is 1.82. The number of benzene rings is 6. The van der Waals surface area contributed by atoms with Gasteiger partial charge in [0.25, 0.3) is 0 Å². The van der Waals surface area contributed by atoms with E-state index >= 15 is 0 Å². The van der Waals surface area contributed by atoms with Gasteiger partial charge in [-0.3, -0.25) is 0 Å². The zero-order valence-electron chi connectivity index (χ0n) is 26.3. The number of rotatable bonds is 6. The van der Waals surface area contributed by atoms with Gasteiger partial charge < -0.3 is 15.3 Å². The number of allylic oxidation sites excluding steroid dienone is 2. The monoisotopic (exact) mass is 631 g/mol. The van der Waals surface area contributed by atoms with Crippen molar-refractivity contribution < 1.29 is 4.42 Å². The fourth-order valence-electron chi connectivity index (χ4n) is 6.31. The van der Waals surface area contributed by atoms with Crippen LogP contribution in [0.1, 0.15) is 11.1 Å². The number of hydrazine groups is 1. The summed E-state index contributed by atoms with van der Waals surface area (Å²) in [6.07, 6.45) is 4.20. The van der Waals surface area contributed by atoms with Crippen LogP contribution >= 0.6 is 0 Å². The van der Waals surface area contributed by atoms with Gasteiger partial charge in [0.1, 0.15) is 11.2 Å². The summed E-state index contributed by atoms with van der Waals surface area (Å²) in [6.45, 7) is 0. The Labute approximate surface area is 283 Å². The zero-order valence-corrected chi connectivity index (χ0v) is 26.3. The molecule has 0 fully saturated rings. The lowest BCUT2D eigenvalue weighted by molar-refractivity contribution is 0.669. The van der Waals surface area contributed by atoms with Crippen molar-refractivity contribution in [3.05, 3.63) is 175 Å². The van der Waals surface area contributed by atoms with Crippen molar-refractivity contribution in [3.8, 4) is 45.3 Å². The third-order valence-electron chi connectivity index (χ3n) is 8.78. The summed E-state index contributed by atoms with van der Waals surface area (Å²) in [6, 6.07) is 51.3. The van der Waals surface area contributed by atoms with Gasteiger partial charge in [-0.1, -0.05) is 133 Å². The van der Waals surface area contributed by atoms with E-state index in [1.165, 1.54) is 0 Å². The molecule has 0 saturated heterocycles. The minimum Gasteiger partial charge on any atom is -0.456 e. The molecule has 0 amide bonds. The summed E-state index contributed by atoms with van der Waals surface area (Å²) >= 11 is 0. The van der Waals surface area contributed by atoms with E-state index in [-0.39, 0.29) is 0 Å². The first-order chi connectivity index (χ1) is 24.3. The number of aromatic nitrogens is 3. The van der Waals surface area contributed by atoms with Gasteiger partial charge in [-0.15, -0.1) is 0 Å². The second-order valence-corrected chi connectivity index (χ2v) is 11.9. The maximum Gasteiger partial charge on any atom is 0.164 e. The number of furan rings is 1. The highest BCUT2D eigenvalue weighted by Gasteiger charge is 2.20. The van der Waals surface area contributed by atoms with Crippen molar-refractivity contribution in [1.29, 1.82) is 0 Å². The third kappa shape index (κ3) is 5.41. The molecule has 2 N–H and O–H groups in total. The number of fused-ring (bicyclic) bond motifs is 3. The second-order valence-electron chi connectivity index (χ2n) is 11.9. The lowest BCUT2D eigenvalue weighted by atomic mass is 9.97. The fourth-order valence-corrected chi connectivity index (χ4v) is 6.31. The van der Waals surface area contributed by atoms with Crippen LogP contribution in [0.5, 0.6) is 0 Å². The molecule has 9 rings (SSSR count). The van der Waals surface area contributed by atoms with Crippen LogP contribution in [-0.4, -0.2) is 15.0 Å². The van der Waals surface area contributed by atoms with E-state index in [1.807, 2.05) is 97.1 Å². The Balaban J connectivity index is 1.17. The third-order valence-corrected chi connectivity index (χ3v) is 8.78. The molecule has 232 valence electrons. The van der Waals surface area contributed by atoms with Crippen molar-refractivity contribution in [2.75, 3.05) is 0 Å². The number of para-hydroxylation sites is 1. The zero-order chi connectivity index (χ0) is 32.6. The van der Waals surface area contributed by atoms with Crippen molar-refractivity contribution >= 4 is 33.3 Å². The fraction of sp³-hybridized carbons (Fsp3) is 0. The molecule has 0 saturated carbocycles. The largest absolute Gasteiger partial charge is 0.456 e. The molecule has 49 heavy (non-hydrogen) atoms. The van der Waals surface area contributed by atoms with Gasteiger partial charge in [0.2, 0.25) is 0 Å². The number of hydrogen-bond donors (Lipinski definition) is 2. The highest BCUT2D eigenvalue weighted by atomic mass is 16.3. The summed E-state index contributed by atoms with van der Waals surface area (Å²) in [7, 11) is 0. The highest BCUT2D eigenvalue weighted by Crippen LogP contribution is 2.40. The van der Waals surface area contributed by atoms with Crippen molar-refractivity contribution in [2.45, 2.75) is 0 Å². The predicted molar refractivity (Wildman–Crippen MR) is 198 cm³/mol. The first-order valence-electron chi connectivity index (χ1n) is 16.2. The molecule has 0 atom stereocenters. The van der Waals surface area contributed by atoms with Crippen LogP contribution in [0.15, 0.2) is 168 Å². The van der Waals surface area contributed by atoms with Crippen LogP contribution in [-0.2, 0) is 0 Å². The Kier molecular flexibility index (Phi) is 7.02. The molecular weight excluding hydrogens is 603 g/mol. The van der Waals surface area contributed by atoms with E-state index in [4.69, 9.17) is 19.4 Å². The normalized spacial score (nSPS) is 12.7. The molecule has 0 spiro atoms. The van der Waals surface area contributed by atoms with Gasteiger partial charge in [-0.05, 0) is 52.6 Å². The van der Waals surface area contributed by atoms with Crippen molar-refractivity contribution in [1.82, 2.24) is 25.8 Å². The van der Waals surface area contributed by atoms with Crippen LogP contribution < -0.4 is 10.9 Å². The van der Waals surface area contributed by atoms with Gasteiger partial charge in [0.05, 0.1) is 11.4 Å². The van der Waals surface area contributed by atoms with E-state index < -0.39 is 0 Å². The molecule has 6 heteroatoms. The number of hydrogen-bond acceptors (Lipinski definition) is 6. The molecule has 2 aromatic heterocycles. The van der Waals surface area contributed by atoms with E-state index in [9.17, 15) is 0 Å². The summed E-state index contributed by atoms with van der Waals surface area (Å²) in [5, 5.41) is 1.99.